The van der Waals surface area contributed by atoms with Crippen molar-refractivity contribution in [3.8, 4) is 5.75 Å². The van der Waals surface area contributed by atoms with Crippen molar-refractivity contribution in [3.05, 3.63) is 45.7 Å². The van der Waals surface area contributed by atoms with Crippen molar-refractivity contribution in [3.63, 3.8) is 0 Å². The fraction of sp³-hybridized carbons (Fsp3) is 0.308. The first-order valence-electron chi connectivity index (χ1n) is 5.70. The Kier molecular flexibility index (Phi) is 4.60. The standard InChI is InChI=1S/C13H14FNOS2/c1-2-10-12(8-17)18-13(15-10)7-16-11-6-4-3-5-9(11)14/h3-6,17H,2,7-8H2,1H3. The number of hydrogen-bond acceptors (Lipinski definition) is 4. The number of aryl methyl sites for hydroxylation is 1. The molecule has 0 fully saturated rings. The SMILES string of the molecule is CCc1nc(COc2ccccc2F)sc1CS. The Morgan fingerprint density at radius 3 is 2.78 bits per heavy atom. The molecular formula is C13H14FNOS2. The molecule has 2 rings (SSSR count). The predicted octanol–water partition coefficient (Wildman–Crippen LogP) is 3.85. The molecule has 18 heavy (non-hydrogen) atoms. The fourth-order valence-electron chi connectivity index (χ4n) is 1.60. The van der Waals surface area contributed by atoms with E-state index in [1.807, 2.05) is 0 Å². The van der Waals surface area contributed by atoms with E-state index in [0.717, 1.165) is 22.0 Å². The molecule has 0 aliphatic rings. The summed E-state index contributed by atoms with van der Waals surface area (Å²) >= 11 is 5.85. The van der Waals surface area contributed by atoms with Gasteiger partial charge in [-0.25, -0.2) is 9.37 Å². The molecule has 0 amide bonds. The zero-order valence-electron chi connectivity index (χ0n) is 10.0. The molecule has 0 atom stereocenters. The third kappa shape index (κ3) is 3.03. The number of thiazole rings is 1. The monoisotopic (exact) mass is 283 g/mol. The quantitative estimate of drug-likeness (QED) is 0.842. The summed E-state index contributed by atoms with van der Waals surface area (Å²) in [5.41, 5.74) is 1.06. The first-order valence-corrected chi connectivity index (χ1v) is 7.15. The summed E-state index contributed by atoms with van der Waals surface area (Å²) in [5, 5.41) is 0.860. The number of ether oxygens (including phenoxy) is 1. The summed E-state index contributed by atoms with van der Waals surface area (Å²) in [5.74, 6) is 0.595. The van der Waals surface area contributed by atoms with Crippen molar-refractivity contribution in [2.75, 3.05) is 0 Å². The highest BCUT2D eigenvalue weighted by Crippen LogP contribution is 2.23. The molecule has 0 saturated heterocycles. The van der Waals surface area contributed by atoms with Gasteiger partial charge in [0.05, 0.1) is 5.69 Å². The number of nitrogens with zero attached hydrogens (tertiary/aromatic N) is 1. The number of halogens is 1. The van der Waals surface area contributed by atoms with Gasteiger partial charge in [0.2, 0.25) is 0 Å². The largest absolute Gasteiger partial charge is 0.483 e. The van der Waals surface area contributed by atoms with E-state index >= 15 is 0 Å². The number of para-hydroxylation sites is 1. The molecule has 1 aromatic carbocycles. The third-order valence-electron chi connectivity index (χ3n) is 2.49. The lowest BCUT2D eigenvalue weighted by Gasteiger charge is -2.04. The van der Waals surface area contributed by atoms with Gasteiger partial charge >= 0.3 is 0 Å². The van der Waals surface area contributed by atoms with Gasteiger partial charge in [0, 0.05) is 10.6 Å². The molecule has 1 aromatic heterocycles. The molecule has 2 nitrogen and oxygen atoms in total. The molecule has 0 unspecified atom stereocenters. The highest BCUT2D eigenvalue weighted by molar-refractivity contribution is 7.79. The van der Waals surface area contributed by atoms with Crippen molar-refractivity contribution >= 4 is 24.0 Å². The molecule has 2 aromatic rings. The van der Waals surface area contributed by atoms with Crippen LogP contribution in [0, 0.1) is 5.82 Å². The molecule has 0 N–H and O–H groups in total. The second kappa shape index (κ2) is 6.20. The van der Waals surface area contributed by atoms with Crippen LogP contribution in [-0.4, -0.2) is 4.98 Å². The Balaban J connectivity index is 2.06. The molecular weight excluding hydrogens is 269 g/mol. The van der Waals surface area contributed by atoms with Gasteiger partial charge in [-0.3, -0.25) is 0 Å². The lowest BCUT2D eigenvalue weighted by atomic mass is 10.3. The maximum atomic E-state index is 13.4. The van der Waals surface area contributed by atoms with E-state index in [0.29, 0.717) is 12.4 Å². The van der Waals surface area contributed by atoms with Crippen LogP contribution in [0.1, 0.15) is 22.5 Å². The topological polar surface area (TPSA) is 22.1 Å². The van der Waals surface area contributed by atoms with E-state index in [1.165, 1.54) is 6.07 Å². The Bertz CT molecular complexity index is 506. The Hall–Kier alpha value is -1.07. The first-order chi connectivity index (χ1) is 8.74. The van der Waals surface area contributed by atoms with Crippen molar-refractivity contribution in [1.29, 1.82) is 0 Å². The van der Waals surface area contributed by atoms with Crippen molar-refractivity contribution in [2.24, 2.45) is 0 Å². The lowest BCUT2D eigenvalue weighted by molar-refractivity contribution is 0.289. The molecule has 96 valence electrons. The van der Waals surface area contributed by atoms with Crippen molar-refractivity contribution in [1.82, 2.24) is 4.98 Å². The van der Waals surface area contributed by atoms with Crippen LogP contribution in [0.5, 0.6) is 5.75 Å². The van der Waals surface area contributed by atoms with Gasteiger partial charge in [-0.1, -0.05) is 19.1 Å². The molecule has 5 heteroatoms. The molecule has 0 bridgehead atoms. The number of thiol groups is 1. The van der Waals surface area contributed by atoms with Crippen LogP contribution in [0.4, 0.5) is 4.39 Å². The molecule has 0 spiro atoms. The lowest BCUT2D eigenvalue weighted by Crippen LogP contribution is -1.97. The second-order valence-electron chi connectivity index (χ2n) is 3.71. The highest BCUT2D eigenvalue weighted by Gasteiger charge is 2.09. The van der Waals surface area contributed by atoms with Gasteiger partial charge in [0.15, 0.2) is 11.6 Å². The zero-order chi connectivity index (χ0) is 13.0. The third-order valence-corrected chi connectivity index (χ3v) is 4.09. The number of hydrogen-bond donors (Lipinski definition) is 1. The van der Waals surface area contributed by atoms with Crippen LogP contribution in [0.3, 0.4) is 0 Å². The molecule has 0 radical (unpaired) electrons. The van der Waals surface area contributed by atoms with Gasteiger partial charge in [-0.2, -0.15) is 12.6 Å². The minimum atomic E-state index is -0.348. The fourth-order valence-corrected chi connectivity index (χ4v) is 2.91. The maximum absolute atomic E-state index is 13.4. The highest BCUT2D eigenvalue weighted by atomic mass is 32.1. The van der Waals surface area contributed by atoms with Gasteiger partial charge < -0.3 is 4.74 Å². The van der Waals surface area contributed by atoms with Gasteiger partial charge in [0.25, 0.3) is 0 Å². The van der Waals surface area contributed by atoms with Gasteiger partial charge in [-0.15, -0.1) is 11.3 Å². The first kappa shape index (κ1) is 13.4. The Labute approximate surface area is 115 Å². The van der Waals surface area contributed by atoms with E-state index in [4.69, 9.17) is 4.74 Å². The second-order valence-corrected chi connectivity index (χ2v) is 5.19. The van der Waals surface area contributed by atoms with Crippen molar-refractivity contribution in [2.45, 2.75) is 25.7 Å². The summed E-state index contributed by atoms with van der Waals surface area (Å²) in [7, 11) is 0. The molecule has 0 aliphatic carbocycles. The maximum Gasteiger partial charge on any atom is 0.165 e. The summed E-state index contributed by atoms with van der Waals surface area (Å²) in [6, 6.07) is 6.38. The average molecular weight is 283 g/mol. The number of benzene rings is 1. The number of aromatic nitrogens is 1. The van der Waals surface area contributed by atoms with Crippen LogP contribution >= 0.6 is 24.0 Å². The molecule has 1 heterocycles. The van der Waals surface area contributed by atoms with Gasteiger partial charge in [-0.05, 0) is 18.6 Å². The van der Waals surface area contributed by atoms with E-state index in [-0.39, 0.29) is 11.6 Å². The Morgan fingerprint density at radius 2 is 2.17 bits per heavy atom. The molecule has 0 saturated carbocycles. The summed E-state index contributed by atoms with van der Waals surface area (Å²) in [6.45, 7) is 2.36. The molecule has 0 aliphatic heterocycles. The zero-order valence-corrected chi connectivity index (χ0v) is 11.7. The van der Waals surface area contributed by atoms with E-state index in [9.17, 15) is 4.39 Å². The smallest absolute Gasteiger partial charge is 0.165 e. The van der Waals surface area contributed by atoms with E-state index in [1.54, 1.807) is 29.5 Å². The Morgan fingerprint density at radius 1 is 1.39 bits per heavy atom. The van der Waals surface area contributed by atoms with E-state index < -0.39 is 0 Å². The van der Waals surface area contributed by atoms with Crippen LogP contribution in [0.15, 0.2) is 24.3 Å². The summed E-state index contributed by atoms with van der Waals surface area (Å²) in [6.07, 6.45) is 0.881. The minimum Gasteiger partial charge on any atom is -0.483 e. The minimum absolute atomic E-state index is 0.262. The van der Waals surface area contributed by atoms with Crippen LogP contribution < -0.4 is 4.74 Å². The van der Waals surface area contributed by atoms with Crippen LogP contribution in [-0.2, 0) is 18.8 Å². The van der Waals surface area contributed by atoms with Crippen LogP contribution in [0.2, 0.25) is 0 Å². The predicted molar refractivity (Wildman–Crippen MR) is 74.9 cm³/mol. The van der Waals surface area contributed by atoms with Gasteiger partial charge in [0.1, 0.15) is 11.6 Å². The van der Waals surface area contributed by atoms with E-state index in [2.05, 4.69) is 24.5 Å². The number of rotatable bonds is 5. The van der Waals surface area contributed by atoms with Crippen LogP contribution in [0.25, 0.3) is 0 Å². The summed E-state index contributed by atoms with van der Waals surface area (Å²) in [4.78, 5) is 5.63. The average Bonchev–Trinajstić information content (AvgIpc) is 2.80. The normalized spacial score (nSPS) is 10.6. The summed E-state index contributed by atoms with van der Waals surface area (Å²) < 4.78 is 18.8. The van der Waals surface area contributed by atoms with Crippen molar-refractivity contribution < 1.29 is 9.13 Å².